The average Bonchev–Trinajstić information content (AvgIpc) is 1.63. The van der Waals surface area contributed by atoms with Crippen LogP contribution in [0, 0.1) is 0 Å². The quantitative estimate of drug-likeness (QED) is 0.308. The van der Waals surface area contributed by atoms with Gasteiger partial charge < -0.3 is 14.9 Å². The van der Waals surface area contributed by atoms with E-state index in [0.29, 0.717) is 12.1 Å². The molecule has 0 spiro atoms. The van der Waals surface area contributed by atoms with Crippen LogP contribution in [0.25, 0.3) is 0 Å². The van der Waals surface area contributed by atoms with Gasteiger partial charge in [0, 0.05) is 5.82 Å². The van der Waals surface area contributed by atoms with Crippen molar-refractivity contribution in [2.24, 2.45) is 0 Å². The predicted octanol–water partition coefficient (Wildman–Crippen LogP) is 0.750. The van der Waals surface area contributed by atoms with Gasteiger partial charge in [0.2, 0.25) is 0 Å². The van der Waals surface area contributed by atoms with E-state index >= 15 is 0 Å². The topological polar surface area (TPSA) is 77.8 Å². The summed E-state index contributed by atoms with van der Waals surface area (Å²) in [5.74, 6) is 0.694. The first-order valence-corrected chi connectivity index (χ1v) is 3.78. The zero-order valence-electron chi connectivity index (χ0n) is 4.51. The third-order valence-electron chi connectivity index (χ3n) is 0.477. The van der Waals surface area contributed by atoms with Crippen molar-refractivity contribution < 1.29 is 19.5 Å². The normalized spacial score (nSPS) is 13.6. The summed E-state index contributed by atoms with van der Waals surface area (Å²) in [5.41, 5.74) is 0. The van der Waals surface area contributed by atoms with E-state index in [1.807, 2.05) is 0 Å². The van der Waals surface area contributed by atoms with Crippen LogP contribution in [-0.2, 0) is 4.57 Å². The van der Waals surface area contributed by atoms with E-state index in [0.717, 1.165) is 12.2 Å². The van der Waals surface area contributed by atoms with E-state index in [1.54, 1.807) is 0 Å². The molecule has 5 heteroatoms. The molecule has 0 radical (unpaired) electrons. The summed E-state index contributed by atoms with van der Waals surface area (Å²) in [6, 6.07) is 0. The van der Waals surface area contributed by atoms with Gasteiger partial charge in [-0.05, 0) is 6.08 Å². The first-order chi connectivity index (χ1) is 4.06. The molecule has 0 saturated heterocycles. The van der Waals surface area contributed by atoms with Crippen LogP contribution in [0.1, 0.15) is 0 Å². The van der Waals surface area contributed by atoms with Gasteiger partial charge >= 0.3 is 7.60 Å². The third kappa shape index (κ3) is 7.43. The lowest BCUT2D eigenvalue weighted by Crippen LogP contribution is -1.66. The smallest absolute Gasteiger partial charge is 0.349 e. The van der Waals surface area contributed by atoms with Gasteiger partial charge in [-0.15, -0.1) is 0 Å². The number of allylic oxidation sites excluding steroid dienone is 2. The monoisotopic (exact) mass is 150 g/mol. The molecule has 0 saturated carbocycles. The summed E-state index contributed by atoms with van der Waals surface area (Å²) in [5, 5.41) is 7.98. The number of rotatable bonds is 2. The minimum absolute atomic E-state index is 0.687. The van der Waals surface area contributed by atoms with Gasteiger partial charge in [-0.25, -0.2) is 0 Å². The first-order valence-electron chi connectivity index (χ1n) is 2.10. The first kappa shape index (κ1) is 8.43. The van der Waals surface area contributed by atoms with Gasteiger partial charge in [0.15, 0.2) is 0 Å². The van der Waals surface area contributed by atoms with Crippen molar-refractivity contribution >= 4 is 7.60 Å². The van der Waals surface area contributed by atoms with Crippen molar-refractivity contribution in [3.8, 4) is 0 Å². The van der Waals surface area contributed by atoms with Gasteiger partial charge in [0.1, 0.15) is 0 Å². The Morgan fingerprint density at radius 2 is 1.78 bits per heavy atom. The lowest BCUT2D eigenvalue weighted by Gasteiger charge is -1.89. The highest BCUT2D eigenvalue weighted by Gasteiger charge is 2.03. The SMILES string of the molecule is O=P(O)(O)/C=C/C=CO. The number of hydrogen-bond acceptors (Lipinski definition) is 2. The molecule has 0 amide bonds. The maximum absolute atomic E-state index is 10.00. The molecule has 0 fully saturated rings. The second kappa shape index (κ2) is 3.45. The highest BCUT2D eigenvalue weighted by Crippen LogP contribution is 2.35. The molecule has 0 aromatic rings. The highest BCUT2D eigenvalue weighted by molar-refractivity contribution is 7.55. The molecule has 0 unspecified atom stereocenters. The van der Waals surface area contributed by atoms with Gasteiger partial charge in [0.25, 0.3) is 0 Å². The molecular formula is C4H7O4P. The van der Waals surface area contributed by atoms with E-state index in [4.69, 9.17) is 14.9 Å². The number of aliphatic hydroxyl groups is 1. The van der Waals surface area contributed by atoms with Crippen molar-refractivity contribution in [1.82, 2.24) is 0 Å². The highest BCUT2D eigenvalue weighted by atomic mass is 31.2. The van der Waals surface area contributed by atoms with E-state index in [-0.39, 0.29) is 0 Å². The largest absolute Gasteiger partial charge is 0.516 e. The molecule has 0 heterocycles. The molecule has 0 aromatic heterocycles. The fraction of sp³-hybridized carbons (Fsp3) is 0. The fourth-order valence-corrected chi connectivity index (χ4v) is 0.535. The molecule has 0 aromatic carbocycles. The lowest BCUT2D eigenvalue weighted by atomic mass is 10.6. The van der Waals surface area contributed by atoms with Crippen LogP contribution in [0.4, 0.5) is 0 Å². The summed E-state index contributed by atoms with van der Waals surface area (Å²) in [4.78, 5) is 16.3. The second-order valence-corrected chi connectivity index (χ2v) is 2.75. The lowest BCUT2D eigenvalue weighted by molar-refractivity contribution is 0.386. The van der Waals surface area contributed by atoms with Gasteiger partial charge in [0.05, 0.1) is 6.26 Å². The predicted molar refractivity (Wildman–Crippen MR) is 33.0 cm³/mol. The molecule has 4 nitrogen and oxygen atoms in total. The fourth-order valence-electron chi connectivity index (χ4n) is 0.211. The van der Waals surface area contributed by atoms with Crippen LogP contribution in [0.3, 0.4) is 0 Å². The average molecular weight is 150 g/mol. The van der Waals surface area contributed by atoms with Crippen molar-refractivity contribution in [3.05, 3.63) is 24.2 Å². The van der Waals surface area contributed by atoms with Crippen LogP contribution in [-0.4, -0.2) is 14.9 Å². The van der Waals surface area contributed by atoms with Gasteiger partial charge in [-0.3, -0.25) is 4.57 Å². The van der Waals surface area contributed by atoms with Crippen molar-refractivity contribution in [3.63, 3.8) is 0 Å². The van der Waals surface area contributed by atoms with E-state index < -0.39 is 7.60 Å². The summed E-state index contributed by atoms with van der Waals surface area (Å²) in [6.45, 7) is 0. The molecular weight excluding hydrogens is 143 g/mol. The third-order valence-corrected chi connectivity index (χ3v) is 1.04. The van der Waals surface area contributed by atoms with Crippen molar-refractivity contribution in [2.45, 2.75) is 0 Å². The second-order valence-electron chi connectivity index (χ2n) is 1.27. The zero-order valence-corrected chi connectivity index (χ0v) is 5.40. The molecule has 3 N–H and O–H groups in total. The molecule has 52 valence electrons. The van der Waals surface area contributed by atoms with E-state index in [1.165, 1.54) is 0 Å². The Hall–Kier alpha value is -0.570. The Bertz CT molecular complexity index is 165. The standard InChI is InChI=1S/C4H7O4P/c5-3-1-2-4-9(6,7)8/h1-5H,(H2,6,7,8)/b3-1?,4-2+. The molecule has 0 aliphatic carbocycles. The van der Waals surface area contributed by atoms with Crippen LogP contribution >= 0.6 is 7.60 Å². The Morgan fingerprint density at radius 3 is 2.11 bits per heavy atom. The summed E-state index contributed by atoms with van der Waals surface area (Å²) in [6.07, 6.45) is 2.87. The van der Waals surface area contributed by atoms with Gasteiger partial charge in [-0.1, -0.05) is 6.08 Å². The Morgan fingerprint density at radius 1 is 1.22 bits per heavy atom. The van der Waals surface area contributed by atoms with Crippen molar-refractivity contribution in [2.75, 3.05) is 0 Å². The van der Waals surface area contributed by atoms with Crippen LogP contribution in [0.2, 0.25) is 0 Å². The molecule has 0 aliphatic rings. The van der Waals surface area contributed by atoms with Crippen LogP contribution in [0.5, 0.6) is 0 Å². The summed E-state index contributed by atoms with van der Waals surface area (Å²) < 4.78 is 10.00. The summed E-state index contributed by atoms with van der Waals surface area (Å²) >= 11 is 0. The van der Waals surface area contributed by atoms with E-state index in [2.05, 4.69) is 0 Å². The zero-order chi connectivity index (χ0) is 7.33. The number of aliphatic hydroxyl groups excluding tert-OH is 1. The molecule has 0 rings (SSSR count). The summed E-state index contributed by atoms with van der Waals surface area (Å²) in [7, 11) is -4.04. The minimum Gasteiger partial charge on any atom is -0.516 e. The molecule has 9 heavy (non-hydrogen) atoms. The Balaban J connectivity index is 3.86. The van der Waals surface area contributed by atoms with Crippen LogP contribution in [0.15, 0.2) is 24.2 Å². The minimum atomic E-state index is -4.04. The molecule has 0 bridgehead atoms. The molecule has 0 atom stereocenters. The number of hydrogen-bond donors (Lipinski definition) is 3. The molecule has 0 aliphatic heterocycles. The van der Waals surface area contributed by atoms with Crippen molar-refractivity contribution in [1.29, 1.82) is 0 Å². The maximum Gasteiger partial charge on any atom is 0.349 e. The Labute approximate surface area is 52.3 Å². The van der Waals surface area contributed by atoms with E-state index in [9.17, 15) is 4.57 Å². The van der Waals surface area contributed by atoms with Gasteiger partial charge in [-0.2, -0.15) is 0 Å². The maximum atomic E-state index is 10.00. The Kier molecular flexibility index (Phi) is 3.24. The van der Waals surface area contributed by atoms with Crippen LogP contribution < -0.4 is 0 Å².